The number of pyridine rings is 2. The highest BCUT2D eigenvalue weighted by molar-refractivity contribution is 6.02. The number of hydrogen-bond acceptors (Lipinski definition) is 12. The summed E-state index contributed by atoms with van der Waals surface area (Å²) >= 11 is 0. The van der Waals surface area contributed by atoms with Gasteiger partial charge in [0.15, 0.2) is 0 Å². The highest BCUT2D eigenvalue weighted by atomic mass is 19.1. The van der Waals surface area contributed by atoms with E-state index in [0.717, 1.165) is 86.9 Å². The van der Waals surface area contributed by atoms with Crippen LogP contribution in [-0.4, -0.2) is 134 Å². The molecule has 17 nitrogen and oxygen atoms in total. The van der Waals surface area contributed by atoms with Crippen molar-refractivity contribution < 1.29 is 46.9 Å². The number of carbonyl (C=O) groups excluding carboxylic acids is 4. The zero-order valence-electron chi connectivity index (χ0n) is 54.0. The molecule has 90 heavy (non-hydrogen) atoms. The predicted molar refractivity (Wildman–Crippen MR) is 350 cm³/mol. The number of hydrogen-bond donors (Lipinski definition) is 1. The van der Waals surface area contributed by atoms with Crippen LogP contribution in [0.5, 0.6) is 11.8 Å². The summed E-state index contributed by atoms with van der Waals surface area (Å²) in [7, 11) is 6.97. The Morgan fingerprint density at radius 1 is 0.544 bits per heavy atom. The number of benzene rings is 4. The van der Waals surface area contributed by atoms with E-state index in [4.69, 9.17) is 18.9 Å². The van der Waals surface area contributed by atoms with Crippen molar-refractivity contribution in [1.82, 2.24) is 44.6 Å². The number of carbonyl (C=O) groups is 4. The van der Waals surface area contributed by atoms with Crippen molar-refractivity contribution in [3.63, 3.8) is 0 Å². The molecule has 0 atom stereocenters. The lowest BCUT2D eigenvalue weighted by Crippen LogP contribution is -2.40. The molecule has 8 rings (SSSR count). The first-order valence-electron chi connectivity index (χ1n) is 30.6. The van der Waals surface area contributed by atoms with Crippen molar-refractivity contribution in [2.75, 3.05) is 54.5 Å². The van der Waals surface area contributed by atoms with Gasteiger partial charge in [-0.2, -0.15) is 18.6 Å². The van der Waals surface area contributed by atoms with Gasteiger partial charge in [0, 0.05) is 83.2 Å². The van der Waals surface area contributed by atoms with E-state index in [2.05, 4.69) is 51.2 Å². The fourth-order valence-electron chi connectivity index (χ4n) is 10.1. The van der Waals surface area contributed by atoms with Gasteiger partial charge in [0.1, 0.15) is 17.8 Å². The van der Waals surface area contributed by atoms with Gasteiger partial charge in [-0.1, -0.05) is 99.5 Å². The molecule has 0 aliphatic rings. The number of fused-ring (bicyclic) bond motifs is 2. The maximum Gasteiger partial charge on any atom is 0.435 e. The topological polar surface area (TPSA) is 187 Å². The lowest BCUT2D eigenvalue weighted by atomic mass is 9.88. The predicted octanol–water partition coefficient (Wildman–Crippen LogP) is 15.1. The van der Waals surface area contributed by atoms with Crippen molar-refractivity contribution in [2.24, 2.45) is 0 Å². The summed E-state index contributed by atoms with van der Waals surface area (Å²) < 4.78 is 53.5. The Morgan fingerprint density at radius 3 is 1.56 bits per heavy atom. The van der Waals surface area contributed by atoms with Gasteiger partial charge in [0.2, 0.25) is 35.5 Å². The number of aromatic amines is 1. The molecule has 4 aromatic carbocycles. The zero-order valence-corrected chi connectivity index (χ0v) is 54.0. The third kappa shape index (κ3) is 19.1. The first-order valence-corrected chi connectivity index (χ1v) is 30.6. The van der Waals surface area contributed by atoms with Gasteiger partial charge in [-0.05, 0) is 155 Å². The molecule has 0 saturated carbocycles. The van der Waals surface area contributed by atoms with E-state index < -0.39 is 35.3 Å². The molecule has 1 N–H and O–H groups in total. The minimum Gasteiger partial charge on any atom is -0.478 e. The molecule has 0 radical (unpaired) electrons. The van der Waals surface area contributed by atoms with Crippen LogP contribution in [0.15, 0.2) is 134 Å². The summed E-state index contributed by atoms with van der Waals surface area (Å²) in [5.74, 6) is -0.140. The molecular weight excluding hydrogens is 1140 g/mol. The molecule has 0 aliphatic heterocycles. The fourth-order valence-corrected chi connectivity index (χ4v) is 10.1. The van der Waals surface area contributed by atoms with Crippen molar-refractivity contribution in [3.05, 3.63) is 179 Å². The summed E-state index contributed by atoms with van der Waals surface area (Å²) in [6, 6.07) is 38.6. The van der Waals surface area contributed by atoms with Crippen LogP contribution in [0.2, 0.25) is 0 Å². The molecular formula is C71H85F2N9O8. The summed E-state index contributed by atoms with van der Waals surface area (Å²) in [6.07, 6.45) is 8.94. The number of ether oxygens (including phenoxy) is 4. The van der Waals surface area contributed by atoms with Crippen LogP contribution in [0.4, 0.5) is 18.4 Å². The molecule has 0 bridgehead atoms. The number of nitrogens with zero attached hydrogens (tertiary/aromatic N) is 8. The van der Waals surface area contributed by atoms with Crippen LogP contribution in [0, 0.1) is 11.9 Å². The molecule has 0 spiro atoms. The van der Waals surface area contributed by atoms with Crippen LogP contribution in [-0.2, 0) is 19.1 Å². The number of unbranched alkanes of at least 4 members (excludes halogenated alkanes) is 3. The molecule has 19 heteroatoms. The highest BCUT2D eigenvalue weighted by Crippen LogP contribution is 2.38. The molecule has 4 heterocycles. The molecule has 0 fully saturated rings. The van der Waals surface area contributed by atoms with Gasteiger partial charge in [-0.3, -0.25) is 14.7 Å². The quantitative estimate of drug-likeness (QED) is 0.0446. The van der Waals surface area contributed by atoms with Gasteiger partial charge >= 0.3 is 12.2 Å². The molecule has 3 amide bonds. The molecule has 0 aliphatic carbocycles. The van der Waals surface area contributed by atoms with Gasteiger partial charge in [-0.25, -0.2) is 19.6 Å². The van der Waals surface area contributed by atoms with Gasteiger partial charge in [0.05, 0.1) is 35.0 Å². The molecule has 4 aromatic heterocycles. The van der Waals surface area contributed by atoms with Crippen molar-refractivity contribution in [1.29, 1.82) is 0 Å². The number of rotatable bonds is 24. The number of halogens is 2. The van der Waals surface area contributed by atoms with Gasteiger partial charge in [0.25, 0.3) is 0 Å². The summed E-state index contributed by atoms with van der Waals surface area (Å²) in [4.78, 5) is 63.4. The van der Waals surface area contributed by atoms with Crippen LogP contribution in [0.1, 0.15) is 147 Å². The smallest absolute Gasteiger partial charge is 0.435 e. The van der Waals surface area contributed by atoms with Crippen LogP contribution in [0.25, 0.3) is 44.1 Å². The summed E-state index contributed by atoms with van der Waals surface area (Å²) in [6.45, 7) is 16.1. The first-order chi connectivity index (χ1) is 42.9. The Hall–Kier alpha value is -9.26. The van der Waals surface area contributed by atoms with Crippen molar-refractivity contribution in [3.8, 4) is 11.8 Å². The Kier molecular flexibility index (Phi) is 24.1. The summed E-state index contributed by atoms with van der Waals surface area (Å²) in [5.41, 5.74) is 8.88. The van der Waals surface area contributed by atoms with Crippen molar-refractivity contribution in [2.45, 2.75) is 124 Å². The van der Waals surface area contributed by atoms with Crippen LogP contribution < -0.4 is 9.47 Å². The second-order valence-electron chi connectivity index (χ2n) is 24.1. The van der Waals surface area contributed by atoms with E-state index in [-0.39, 0.29) is 30.4 Å². The molecule has 476 valence electrons. The Morgan fingerprint density at radius 2 is 1.04 bits per heavy atom. The van der Waals surface area contributed by atoms with Gasteiger partial charge < -0.3 is 33.6 Å². The maximum atomic E-state index is 15.3. The van der Waals surface area contributed by atoms with Gasteiger partial charge in [-0.15, -0.1) is 5.10 Å². The Labute approximate surface area is 527 Å². The van der Waals surface area contributed by atoms with E-state index >= 15 is 4.39 Å². The lowest BCUT2D eigenvalue weighted by molar-refractivity contribution is -0.129. The number of aromatic nitrogens is 6. The first kappa shape index (κ1) is 68.2. The van der Waals surface area contributed by atoms with E-state index in [0.29, 0.717) is 72.6 Å². The minimum absolute atomic E-state index is 0.0162. The van der Waals surface area contributed by atoms with Crippen molar-refractivity contribution >= 4 is 68.1 Å². The second kappa shape index (κ2) is 31.8. The SMILES string of the molecule is CC/C(=C(/c1ccc(OCCCCCCC(=O)N(C)C)nc1)c1ccc2n[nH]c(F)c2c1)c1ccccc1.CC/C(=C(/c1ccc(OCCN(CCCC(=O)N(C)C)C(=O)OC(C)(C)C)nc1)c1ccc2c(c1)c(F)nn2C(=O)OC(C)(C)C)c1ccccc1. The minimum atomic E-state index is -0.786. The van der Waals surface area contributed by atoms with E-state index in [1.807, 2.05) is 97.2 Å². The number of amides is 3. The molecule has 8 aromatic rings. The van der Waals surface area contributed by atoms with E-state index in [1.165, 1.54) is 9.80 Å². The number of nitrogens with one attached hydrogen (secondary N) is 1. The standard InChI is InChI=1S/C40H50FN5O6.C31H35FN4O2/c1-10-30(27-15-12-11-13-16-27)35(28-18-20-32-31(25-28)36(41)43-46(32)38(49)52-40(5,6)7)29-19-21-33(42-26-29)50-24-23-45(37(48)51-39(2,3)4)22-14-17-34(47)44(8)9;1-4-25(22-12-8-7-9-13-22)30(23-15-17-27-26(20-23)31(32)35-34-27)24-16-18-28(33-21-24)38-19-11-6-5-10-14-29(37)36(2)3/h11-13,15-16,18-21,25-26H,10,14,17,22-24H2,1-9H3;7-9,12-13,15-18,20-21H,4-6,10-11,14,19H2,1-3H3,(H,34,35)/b35-30-;30-25-. The number of allylic oxidation sites excluding steroid dienone is 2. The lowest BCUT2D eigenvalue weighted by Gasteiger charge is -2.27. The zero-order chi connectivity index (χ0) is 65.1. The monoisotopic (exact) mass is 1230 g/mol. The summed E-state index contributed by atoms with van der Waals surface area (Å²) in [5, 5.41) is 11.0. The second-order valence-corrected chi connectivity index (χ2v) is 24.1. The third-order valence-corrected chi connectivity index (χ3v) is 14.5. The molecule has 0 saturated heterocycles. The Bertz CT molecular complexity index is 3760. The third-order valence-electron chi connectivity index (χ3n) is 14.5. The number of H-pyrrole nitrogens is 1. The Balaban J connectivity index is 0.000000268. The highest BCUT2D eigenvalue weighted by Gasteiger charge is 2.26. The fraction of sp³-hybridized carbons (Fsp3) is 0.380. The van der Waals surface area contributed by atoms with Crippen LogP contribution >= 0.6 is 0 Å². The largest absolute Gasteiger partial charge is 0.478 e. The van der Waals surface area contributed by atoms with E-state index in [1.54, 1.807) is 99.0 Å². The average molecular weight is 1230 g/mol. The average Bonchev–Trinajstić information content (AvgIpc) is 2.18. The van der Waals surface area contributed by atoms with Crippen LogP contribution in [0.3, 0.4) is 0 Å². The normalized spacial score (nSPS) is 12.1. The molecule has 0 unspecified atom stereocenters. The maximum absolute atomic E-state index is 15.3. The van der Waals surface area contributed by atoms with E-state index in [9.17, 15) is 23.6 Å².